The van der Waals surface area contributed by atoms with Crippen LogP contribution in [0.4, 0.5) is 5.69 Å². The zero-order valence-corrected chi connectivity index (χ0v) is 11.2. The molecule has 100 valence electrons. The van der Waals surface area contributed by atoms with Gasteiger partial charge in [-0.2, -0.15) is 0 Å². The molecule has 0 saturated heterocycles. The van der Waals surface area contributed by atoms with Crippen LogP contribution in [-0.4, -0.2) is 15.9 Å². The van der Waals surface area contributed by atoms with Crippen molar-refractivity contribution in [2.24, 2.45) is 4.99 Å². The normalized spacial score (nSPS) is 19.2. The lowest BCUT2D eigenvalue weighted by molar-refractivity contribution is 0.955. The number of aromatic nitrogens is 2. The Bertz CT molecular complexity index is 803. The Morgan fingerprint density at radius 2 is 2.05 bits per heavy atom. The van der Waals surface area contributed by atoms with Crippen LogP contribution in [0.25, 0.3) is 11.6 Å². The summed E-state index contributed by atoms with van der Waals surface area (Å²) in [6.45, 7) is 1.99. The number of fused-ring (bicyclic) bond motifs is 1. The topological polar surface area (TPSA) is 61.0 Å². The molecule has 2 heterocycles. The number of rotatable bonds is 2. The van der Waals surface area contributed by atoms with Gasteiger partial charge in [-0.05, 0) is 31.9 Å². The van der Waals surface area contributed by atoms with Crippen molar-refractivity contribution in [3.63, 3.8) is 0 Å². The Kier molecular flexibility index (Phi) is 2.33. The minimum Gasteiger partial charge on any atom is -0.301 e. The van der Waals surface area contributed by atoms with E-state index in [4.69, 9.17) is 0 Å². The Morgan fingerprint density at radius 1 is 1.25 bits per heavy atom. The predicted octanol–water partition coefficient (Wildman–Crippen LogP) is 3.23. The molecule has 4 heteroatoms. The highest BCUT2D eigenvalue weighted by atomic mass is 16.1. The summed E-state index contributed by atoms with van der Waals surface area (Å²) in [5, 5.41) is 5.73. The van der Waals surface area contributed by atoms with E-state index in [1.165, 1.54) is 0 Å². The zero-order valence-electron chi connectivity index (χ0n) is 11.2. The summed E-state index contributed by atoms with van der Waals surface area (Å²) in [4.78, 5) is 16.6. The van der Waals surface area contributed by atoms with Gasteiger partial charge in [-0.25, -0.2) is 0 Å². The molecule has 0 spiro atoms. The van der Waals surface area contributed by atoms with Crippen molar-refractivity contribution in [2.75, 3.05) is 0 Å². The molecule has 2 aliphatic rings. The number of aliphatic imine (C=N–C) groups is 1. The number of hydrogen-bond acceptors (Lipinski definition) is 2. The van der Waals surface area contributed by atoms with Crippen LogP contribution in [-0.2, 0) is 0 Å². The second-order valence-corrected chi connectivity index (χ2v) is 5.45. The minimum absolute atomic E-state index is 0.0448. The first-order chi connectivity index (χ1) is 9.74. The fourth-order valence-corrected chi connectivity index (χ4v) is 2.78. The van der Waals surface area contributed by atoms with Gasteiger partial charge in [0.15, 0.2) is 0 Å². The van der Waals surface area contributed by atoms with Crippen molar-refractivity contribution in [3.8, 4) is 0 Å². The second-order valence-electron chi connectivity index (χ2n) is 5.45. The molecule has 2 aromatic rings. The monoisotopic (exact) mass is 265 g/mol. The average molecular weight is 265 g/mol. The molecule has 1 saturated carbocycles. The van der Waals surface area contributed by atoms with E-state index in [1.807, 2.05) is 31.2 Å². The van der Waals surface area contributed by atoms with Crippen LogP contribution in [0.2, 0.25) is 0 Å². The maximum Gasteiger partial charge on any atom is 0.271 e. The summed E-state index contributed by atoms with van der Waals surface area (Å²) < 4.78 is 0. The van der Waals surface area contributed by atoms with Gasteiger partial charge >= 0.3 is 0 Å². The lowest BCUT2D eigenvalue weighted by atomic mass is 10.00. The summed E-state index contributed by atoms with van der Waals surface area (Å²) >= 11 is 0. The van der Waals surface area contributed by atoms with E-state index in [-0.39, 0.29) is 5.56 Å². The third kappa shape index (κ3) is 1.68. The molecule has 0 amide bonds. The van der Waals surface area contributed by atoms with Crippen LogP contribution >= 0.6 is 0 Å². The SMILES string of the molecule is CC1=Nc2ccccc2C1=Cc1c(C2CC2)[nH][nH]c1=O. The van der Waals surface area contributed by atoms with Crippen LogP contribution < -0.4 is 5.56 Å². The van der Waals surface area contributed by atoms with Crippen molar-refractivity contribution >= 4 is 23.0 Å². The Morgan fingerprint density at radius 3 is 2.85 bits per heavy atom. The van der Waals surface area contributed by atoms with E-state index in [9.17, 15) is 4.79 Å². The molecule has 1 aromatic carbocycles. The molecule has 0 atom stereocenters. The van der Waals surface area contributed by atoms with E-state index in [2.05, 4.69) is 21.3 Å². The lowest BCUT2D eigenvalue weighted by Crippen LogP contribution is -2.03. The summed E-state index contributed by atoms with van der Waals surface area (Å²) in [5.41, 5.74) is 5.86. The van der Waals surface area contributed by atoms with Crippen molar-refractivity contribution in [1.82, 2.24) is 10.2 Å². The van der Waals surface area contributed by atoms with Crippen LogP contribution in [0.3, 0.4) is 0 Å². The molecule has 2 N–H and O–H groups in total. The fourth-order valence-electron chi connectivity index (χ4n) is 2.78. The number of allylic oxidation sites excluding steroid dienone is 1. The number of para-hydroxylation sites is 1. The standard InChI is InChI=1S/C16H15N3O/c1-9-12(11-4-2-3-5-14(11)17-9)8-13-15(10-6-7-10)18-19-16(13)20/h2-5,8,10H,6-7H2,1H3,(H2,18,19,20). The molecule has 0 unspecified atom stereocenters. The van der Waals surface area contributed by atoms with E-state index in [0.717, 1.165) is 46.6 Å². The van der Waals surface area contributed by atoms with E-state index >= 15 is 0 Å². The average Bonchev–Trinajstić information content (AvgIpc) is 3.15. The summed E-state index contributed by atoms with van der Waals surface area (Å²) in [5.74, 6) is 0.509. The van der Waals surface area contributed by atoms with Crippen LogP contribution in [0.15, 0.2) is 34.1 Å². The molecule has 4 rings (SSSR count). The molecular formula is C16H15N3O. The highest BCUT2D eigenvalue weighted by molar-refractivity contribution is 6.31. The molecular weight excluding hydrogens is 250 g/mol. The summed E-state index contributed by atoms with van der Waals surface area (Å²) in [7, 11) is 0. The van der Waals surface area contributed by atoms with E-state index in [1.54, 1.807) is 0 Å². The smallest absolute Gasteiger partial charge is 0.271 e. The number of benzene rings is 1. The predicted molar refractivity (Wildman–Crippen MR) is 80.5 cm³/mol. The van der Waals surface area contributed by atoms with E-state index in [0.29, 0.717) is 5.92 Å². The van der Waals surface area contributed by atoms with Crippen molar-refractivity contribution in [1.29, 1.82) is 0 Å². The van der Waals surface area contributed by atoms with Crippen molar-refractivity contribution < 1.29 is 0 Å². The molecule has 1 aliphatic heterocycles. The third-order valence-corrected chi connectivity index (χ3v) is 3.99. The number of H-pyrrole nitrogens is 2. The van der Waals surface area contributed by atoms with E-state index < -0.39 is 0 Å². The Labute approximate surface area is 116 Å². The third-order valence-electron chi connectivity index (χ3n) is 3.99. The first kappa shape index (κ1) is 11.5. The Balaban J connectivity index is 1.88. The van der Waals surface area contributed by atoms with Gasteiger partial charge in [0, 0.05) is 28.5 Å². The van der Waals surface area contributed by atoms with Gasteiger partial charge in [0.05, 0.1) is 11.3 Å². The number of nitrogens with zero attached hydrogens (tertiary/aromatic N) is 1. The number of aromatic amines is 2. The molecule has 4 nitrogen and oxygen atoms in total. The molecule has 20 heavy (non-hydrogen) atoms. The lowest BCUT2D eigenvalue weighted by Gasteiger charge is -2.01. The van der Waals surface area contributed by atoms with Gasteiger partial charge in [0.25, 0.3) is 5.56 Å². The number of hydrogen-bond donors (Lipinski definition) is 2. The van der Waals surface area contributed by atoms with Gasteiger partial charge in [0.1, 0.15) is 0 Å². The fraction of sp³-hybridized carbons (Fsp3) is 0.250. The zero-order chi connectivity index (χ0) is 13.7. The quantitative estimate of drug-likeness (QED) is 0.860. The first-order valence-electron chi connectivity index (χ1n) is 6.91. The second kappa shape index (κ2) is 4.07. The van der Waals surface area contributed by atoms with Crippen LogP contribution in [0, 0.1) is 0 Å². The largest absolute Gasteiger partial charge is 0.301 e. The van der Waals surface area contributed by atoms with Gasteiger partial charge in [-0.15, -0.1) is 0 Å². The van der Waals surface area contributed by atoms with Gasteiger partial charge < -0.3 is 5.10 Å². The van der Waals surface area contributed by atoms with Crippen LogP contribution in [0.5, 0.6) is 0 Å². The van der Waals surface area contributed by atoms with Gasteiger partial charge in [0.2, 0.25) is 0 Å². The first-order valence-corrected chi connectivity index (χ1v) is 6.91. The molecule has 1 aliphatic carbocycles. The summed E-state index contributed by atoms with van der Waals surface area (Å²) in [6.07, 6.45) is 4.30. The van der Waals surface area contributed by atoms with Gasteiger partial charge in [-0.3, -0.25) is 14.9 Å². The molecule has 1 aromatic heterocycles. The van der Waals surface area contributed by atoms with Crippen molar-refractivity contribution in [3.05, 3.63) is 51.4 Å². The number of nitrogens with one attached hydrogen (secondary N) is 2. The van der Waals surface area contributed by atoms with Crippen molar-refractivity contribution in [2.45, 2.75) is 25.7 Å². The summed E-state index contributed by atoms with van der Waals surface area (Å²) in [6, 6.07) is 8.04. The molecule has 1 fully saturated rings. The van der Waals surface area contributed by atoms with Crippen LogP contribution in [0.1, 0.15) is 42.5 Å². The van der Waals surface area contributed by atoms with Gasteiger partial charge in [-0.1, -0.05) is 18.2 Å². The highest BCUT2D eigenvalue weighted by Crippen LogP contribution is 2.41. The highest BCUT2D eigenvalue weighted by Gasteiger charge is 2.29. The minimum atomic E-state index is -0.0448. The molecule has 0 bridgehead atoms. The maximum absolute atomic E-state index is 12.0. The maximum atomic E-state index is 12.0. The Hall–Kier alpha value is -2.36. The molecule has 0 radical (unpaired) electrons.